The molecule has 0 spiro atoms. The number of rotatable bonds is 7. The monoisotopic (exact) mass is 514 g/mol. The molecule has 0 radical (unpaired) electrons. The van der Waals surface area contributed by atoms with Gasteiger partial charge in [0.05, 0.1) is 18.7 Å². The van der Waals surface area contributed by atoms with E-state index in [1.54, 1.807) is 11.5 Å². The summed E-state index contributed by atoms with van der Waals surface area (Å²) in [6.07, 6.45) is 8.38. The van der Waals surface area contributed by atoms with Crippen molar-refractivity contribution in [3.8, 4) is 0 Å². The number of amides is 1. The fraction of sp³-hybridized carbons (Fsp3) is 0.419. The molecule has 2 fully saturated rings. The number of allylic oxidation sites excluding steroid dienone is 1. The van der Waals surface area contributed by atoms with Gasteiger partial charge in [-0.25, -0.2) is 0 Å². The minimum absolute atomic E-state index is 0.00567. The molecule has 1 aliphatic heterocycles. The van der Waals surface area contributed by atoms with Gasteiger partial charge in [-0.3, -0.25) is 14.2 Å². The third kappa shape index (κ3) is 4.88. The lowest BCUT2D eigenvalue weighted by atomic mass is 9.92. The van der Waals surface area contributed by atoms with E-state index in [-0.39, 0.29) is 36.1 Å². The highest BCUT2D eigenvalue weighted by Gasteiger charge is 2.41. The summed E-state index contributed by atoms with van der Waals surface area (Å²) in [5.74, 6) is 1.16. The SMILES string of the molecule is CC(=O)n1cc(C2C=C(C(=O)NC3CC4CCC3C4)OC(OCc3ccc(CO)cc3)C2)c2ccccc21. The number of ether oxygens (including phenoxy) is 2. The Labute approximate surface area is 222 Å². The van der Waals surface area contributed by atoms with Gasteiger partial charge in [-0.15, -0.1) is 0 Å². The van der Waals surface area contributed by atoms with Crippen LogP contribution in [0, 0.1) is 11.8 Å². The molecular formula is C31H34N2O5. The molecule has 2 aliphatic carbocycles. The van der Waals surface area contributed by atoms with Crippen molar-refractivity contribution in [1.29, 1.82) is 0 Å². The topological polar surface area (TPSA) is 89.8 Å². The molecule has 7 heteroatoms. The molecule has 3 aliphatic rings. The highest BCUT2D eigenvalue weighted by Crippen LogP contribution is 2.44. The summed E-state index contributed by atoms with van der Waals surface area (Å²) in [6.45, 7) is 1.87. The van der Waals surface area contributed by atoms with Crippen LogP contribution in [-0.2, 0) is 27.5 Å². The number of carbonyl (C=O) groups is 2. The zero-order valence-corrected chi connectivity index (χ0v) is 21.6. The summed E-state index contributed by atoms with van der Waals surface area (Å²) in [5.41, 5.74) is 3.62. The highest BCUT2D eigenvalue weighted by atomic mass is 16.7. The fourth-order valence-corrected chi connectivity index (χ4v) is 6.49. The lowest BCUT2D eigenvalue weighted by molar-refractivity contribution is -0.150. The Morgan fingerprint density at radius 2 is 1.84 bits per heavy atom. The van der Waals surface area contributed by atoms with Crippen molar-refractivity contribution in [3.05, 3.63) is 83.3 Å². The Kier molecular flexibility index (Phi) is 6.80. The Morgan fingerprint density at radius 3 is 2.55 bits per heavy atom. The Bertz CT molecular complexity index is 1370. The first kappa shape index (κ1) is 24.9. The number of benzene rings is 2. The van der Waals surface area contributed by atoms with Crippen molar-refractivity contribution < 1.29 is 24.2 Å². The van der Waals surface area contributed by atoms with Gasteiger partial charge < -0.3 is 19.9 Å². The van der Waals surface area contributed by atoms with Gasteiger partial charge in [-0.05, 0) is 59.9 Å². The van der Waals surface area contributed by atoms with Crippen molar-refractivity contribution in [2.24, 2.45) is 11.8 Å². The minimum atomic E-state index is -0.622. The van der Waals surface area contributed by atoms with Crippen LogP contribution in [0.25, 0.3) is 10.9 Å². The van der Waals surface area contributed by atoms with E-state index in [0.717, 1.165) is 39.9 Å². The lowest BCUT2D eigenvalue weighted by Gasteiger charge is -2.30. The number of fused-ring (bicyclic) bond motifs is 3. The van der Waals surface area contributed by atoms with E-state index < -0.39 is 6.29 Å². The number of carbonyl (C=O) groups excluding carboxylic acids is 2. The van der Waals surface area contributed by atoms with Crippen molar-refractivity contribution >= 4 is 22.7 Å². The minimum Gasteiger partial charge on any atom is -0.459 e. The van der Waals surface area contributed by atoms with E-state index in [1.165, 1.54) is 19.3 Å². The summed E-state index contributed by atoms with van der Waals surface area (Å²) in [4.78, 5) is 25.8. The molecule has 2 N–H and O–H groups in total. The molecule has 2 saturated carbocycles. The number of nitrogens with zero attached hydrogens (tertiary/aromatic N) is 1. The van der Waals surface area contributed by atoms with Crippen molar-refractivity contribution in [3.63, 3.8) is 0 Å². The van der Waals surface area contributed by atoms with E-state index in [4.69, 9.17) is 9.47 Å². The molecule has 38 heavy (non-hydrogen) atoms. The summed E-state index contributed by atoms with van der Waals surface area (Å²) >= 11 is 0. The standard InChI is InChI=1S/C31H34N2O5/c1-19(35)33-16-26(25-4-2-3-5-28(25)33)24-14-29(31(36)32-27-13-22-10-11-23(27)12-22)38-30(15-24)37-18-21-8-6-20(17-34)7-9-21/h2-9,14,16,22-24,27,30,34H,10-13,15,17-18H2,1H3,(H,32,36). The molecule has 1 amide bonds. The number of nitrogens with one attached hydrogen (secondary N) is 1. The summed E-state index contributed by atoms with van der Waals surface area (Å²) in [5, 5.41) is 13.5. The highest BCUT2D eigenvalue weighted by molar-refractivity contribution is 5.95. The molecule has 6 rings (SSSR count). The molecule has 3 aromatic rings. The van der Waals surface area contributed by atoms with E-state index in [1.807, 2.05) is 60.8 Å². The summed E-state index contributed by atoms with van der Waals surface area (Å²) in [6, 6.07) is 15.6. The number of aromatic nitrogens is 1. The summed E-state index contributed by atoms with van der Waals surface area (Å²) in [7, 11) is 0. The normalized spacial score (nSPS) is 26.3. The van der Waals surface area contributed by atoms with Crippen molar-refractivity contribution in [2.75, 3.05) is 0 Å². The summed E-state index contributed by atoms with van der Waals surface area (Å²) < 4.78 is 14.0. The zero-order valence-electron chi connectivity index (χ0n) is 21.6. The second-order valence-corrected chi connectivity index (χ2v) is 11.0. The smallest absolute Gasteiger partial charge is 0.286 e. The molecule has 0 saturated heterocycles. The van der Waals surface area contributed by atoms with Crippen LogP contribution in [0.1, 0.15) is 66.4 Å². The van der Waals surface area contributed by atoms with Crippen LogP contribution < -0.4 is 5.32 Å². The number of aliphatic hydroxyl groups is 1. The van der Waals surface area contributed by atoms with Crippen LogP contribution in [0.4, 0.5) is 0 Å². The molecule has 198 valence electrons. The van der Waals surface area contributed by atoms with E-state index in [0.29, 0.717) is 18.9 Å². The van der Waals surface area contributed by atoms with E-state index in [9.17, 15) is 14.7 Å². The van der Waals surface area contributed by atoms with Gasteiger partial charge in [0.15, 0.2) is 5.76 Å². The number of para-hydroxylation sites is 1. The van der Waals surface area contributed by atoms with Gasteiger partial charge >= 0.3 is 0 Å². The Morgan fingerprint density at radius 1 is 1.05 bits per heavy atom. The molecule has 2 aromatic carbocycles. The first-order chi connectivity index (χ1) is 18.5. The maximum Gasteiger partial charge on any atom is 0.286 e. The molecule has 2 bridgehead atoms. The second-order valence-electron chi connectivity index (χ2n) is 11.0. The van der Waals surface area contributed by atoms with E-state index >= 15 is 0 Å². The predicted molar refractivity (Wildman–Crippen MR) is 143 cm³/mol. The average Bonchev–Trinajstić information content (AvgIpc) is 3.66. The molecule has 2 heterocycles. The van der Waals surface area contributed by atoms with Gasteiger partial charge in [0.2, 0.25) is 12.2 Å². The first-order valence-corrected chi connectivity index (χ1v) is 13.6. The zero-order chi connectivity index (χ0) is 26.2. The Balaban J connectivity index is 1.27. The van der Waals surface area contributed by atoms with Crippen LogP contribution in [0.5, 0.6) is 0 Å². The largest absolute Gasteiger partial charge is 0.459 e. The van der Waals surface area contributed by atoms with Crippen LogP contribution in [0.15, 0.2) is 66.6 Å². The average molecular weight is 515 g/mol. The van der Waals surface area contributed by atoms with E-state index in [2.05, 4.69) is 5.32 Å². The third-order valence-corrected chi connectivity index (χ3v) is 8.46. The van der Waals surface area contributed by atoms with Gasteiger partial charge in [0, 0.05) is 36.9 Å². The number of hydrogen-bond donors (Lipinski definition) is 2. The van der Waals surface area contributed by atoms with Gasteiger partial charge in [-0.1, -0.05) is 48.9 Å². The van der Waals surface area contributed by atoms with Crippen LogP contribution in [0.3, 0.4) is 0 Å². The maximum absolute atomic E-state index is 13.4. The fourth-order valence-electron chi connectivity index (χ4n) is 6.49. The van der Waals surface area contributed by atoms with Crippen LogP contribution >= 0.6 is 0 Å². The molecule has 5 atom stereocenters. The van der Waals surface area contributed by atoms with Crippen LogP contribution in [0.2, 0.25) is 0 Å². The number of hydrogen-bond acceptors (Lipinski definition) is 5. The van der Waals surface area contributed by atoms with Gasteiger partial charge in [0.1, 0.15) is 0 Å². The van der Waals surface area contributed by atoms with Crippen molar-refractivity contribution in [2.45, 2.75) is 70.5 Å². The Hall–Kier alpha value is -3.42. The molecule has 5 unspecified atom stereocenters. The van der Waals surface area contributed by atoms with Gasteiger partial charge in [0.25, 0.3) is 5.91 Å². The third-order valence-electron chi connectivity index (χ3n) is 8.46. The second kappa shape index (κ2) is 10.4. The maximum atomic E-state index is 13.4. The van der Waals surface area contributed by atoms with Gasteiger partial charge in [-0.2, -0.15) is 0 Å². The molecule has 7 nitrogen and oxygen atoms in total. The number of aliphatic hydroxyl groups excluding tert-OH is 1. The van der Waals surface area contributed by atoms with Crippen LogP contribution in [-0.4, -0.2) is 33.8 Å². The quantitative estimate of drug-likeness (QED) is 0.462. The molecule has 1 aromatic heterocycles. The predicted octanol–water partition coefficient (Wildman–Crippen LogP) is 5.03. The van der Waals surface area contributed by atoms with Crippen molar-refractivity contribution in [1.82, 2.24) is 9.88 Å². The molecular weight excluding hydrogens is 480 g/mol. The first-order valence-electron chi connectivity index (χ1n) is 13.6. The lowest BCUT2D eigenvalue weighted by Crippen LogP contribution is -2.41.